The lowest BCUT2D eigenvalue weighted by atomic mass is 10.2. The van der Waals surface area contributed by atoms with Crippen LogP contribution in [0.3, 0.4) is 0 Å². The Balaban J connectivity index is 0.000000681. The Labute approximate surface area is 239 Å². The van der Waals surface area contributed by atoms with Crippen molar-refractivity contribution < 1.29 is 22.5 Å². The molecule has 5 aromatic rings. The summed E-state index contributed by atoms with van der Waals surface area (Å²) in [5.74, 6) is 1.89. The summed E-state index contributed by atoms with van der Waals surface area (Å²) in [6.45, 7) is 3.49. The summed E-state index contributed by atoms with van der Waals surface area (Å²) in [4.78, 5) is 20.5. The molecule has 0 fully saturated rings. The summed E-state index contributed by atoms with van der Waals surface area (Å²) in [5, 5.41) is 10.3. The molecular weight excluding hydrogens is 578 g/mol. The molecule has 210 valence electrons. The number of fused-ring (bicyclic) bond motifs is 2. The third-order valence-electron chi connectivity index (χ3n) is 5.30. The fraction of sp³-hybridized carbons (Fsp3) is 0.200. The standard InChI is InChI=1S/C24H22ClN7O2S.CH4O3S/c1-2-26-24(33)27-9-11-32-10-8-18-22(32)23(29-14-28-18)31-15-6-7-20(17(25)12-15)34-19-4-3-5-21-16(19)13-30-35-21;1-5(2,3)4/h3-8,10,12-14H,2,9,11H2,1H3,(H2,26,27,33)(H,28,29,31);1H3,(H,2,3,4). The van der Waals surface area contributed by atoms with E-state index in [2.05, 4.69) is 30.3 Å². The molecule has 0 saturated heterocycles. The van der Waals surface area contributed by atoms with Gasteiger partial charge in [-0.15, -0.1) is 0 Å². The van der Waals surface area contributed by atoms with E-state index in [0.29, 0.717) is 48.2 Å². The summed E-state index contributed by atoms with van der Waals surface area (Å²) in [6.07, 6.45) is 5.94. The van der Waals surface area contributed by atoms with Gasteiger partial charge in [0.2, 0.25) is 0 Å². The van der Waals surface area contributed by atoms with Crippen molar-refractivity contribution in [2.75, 3.05) is 24.7 Å². The third kappa shape index (κ3) is 7.79. The Hall–Kier alpha value is -3.98. The van der Waals surface area contributed by atoms with Crippen molar-refractivity contribution in [1.82, 2.24) is 29.5 Å². The molecule has 0 aliphatic rings. The van der Waals surface area contributed by atoms with Crippen LogP contribution in [0.1, 0.15) is 6.92 Å². The molecule has 2 amide bonds. The number of nitrogens with zero attached hydrogens (tertiary/aromatic N) is 4. The van der Waals surface area contributed by atoms with Crippen molar-refractivity contribution >= 4 is 71.9 Å². The van der Waals surface area contributed by atoms with Crippen molar-refractivity contribution in [3.63, 3.8) is 0 Å². The van der Waals surface area contributed by atoms with E-state index in [4.69, 9.17) is 20.9 Å². The van der Waals surface area contributed by atoms with Gasteiger partial charge in [0.05, 0.1) is 33.1 Å². The smallest absolute Gasteiger partial charge is 0.314 e. The number of aromatic nitrogens is 4. The zero-order chi connectivity index (χ0) is 28.7. The van der Waals surface area contributed by atoms with Gasteiger partial charge < -0.3 is 25.3 Å². The number of nitrogens with one attached hydrogen (secondary N) is 3. The van der Waals surface area contributed by atoms with Gasteiger partial charge in [-0.2, -0.15) is 12.8 Å². The molecule has 0 aliphatic heterocycles. The van der Waals surface area contributed by atoms with Crippen LogP contribution < -0.4 is 20.7 Å². The third-order valence-corrected chi connectivity index (χ3v) is 6.36. The average Bonchev–Trinajstić information content (AvgIpc) is 3.53. The molecule has 12 nitrogen and oxygen atoms in total. The highest BCUT2D eigenvalue weighted by Crippen LogP contribution is 2.36. The number of anilines is 2. The lowest BCUT2D eigenvalue weighted by Gasteiger charge is -2.13. The highest BCUT2D eigenvalue weighted by atomic mass is 35.5. The second-order valence-corrected chi connectivity index (χ2v) is 11.1. The number of ether oxygens (including phenoxy) is 1. The molecule has 3 aromatic heterocycles. The predicted octanol–water partition coefficient (Wildman–Crippen LogP) is 5.05. The molecule has 0 bridgehead atoms. The molecule has 5 rings (SSSR count). The van der Waals surface area contributed by atoms with Crippen LogP contribution in [-0.4, -0.2) is 57.3 Å². The fourth-order valence-corrected chi connectivity index (χ4v) is 4.58. The zero-order valence-corrected chi connectivity index (χ0v) is 23.8. The van der Waals surface area contributed by atoms with Crippen molar-refractivity contribution in [1.29, 1.82) is 0 Å². The quantitative estimate of drug-likeness (QED) is 0.178. The van der Waals surface area contributed by atoms with Crippen LogP contribution >= 0.6 is 23.1 Å². The first kappa shape index (κ1) is 29.0. The lowest BCUT2D eigenvalue weighted by molar-refractivity contribution is 0.241. The molecule has 3 heterocycles. The maximum Gasteiger partial charge on any atom is 0.314 e. The average molecular weight is 604 g/mol. The predicted molar refractivity (Wildman–Crippen MR) is 157 cm³/mol. The van der Waals surface area contributed by atoms with Crippen LogP contribution in [0.15, 0.2) is 61.2 Å². The molecule has 0 aliphatic carbocycles. The Morgan fingerprint density at radius 2 is 1.95 bits per heavy atom. The normalized spacial score (nSPS) is 11.1. The van der Waals surface area contributed by atoms with Crippen LogP contribution in [0.5, 0.6) is 11.5 Å². The summed E-state index contributed by atoms with van der Waals surface area (Å²) < 4.78 is 39.2. The molecule has 0 unspecified atom stereocenters. The van der Waals surface area contributed by atoms with Gasteiger partial charge in [-0.3, -0.25) is 4.55 Å². The number of hydrogen-bond donors (Lipinski definition) is 4. The minimum atomic E-state index is -3.67. The summed E-state index contributed by atoms with van der Waals surface area (Å²) in [5.41, 5.74) is 2.38. The van der Waals surface area contributed by atoms with Crippen molar-refractivity contribution in [2.24, 2.45) is 0 Å². The van der Waals surface area contributed by atoms with Crippen LogP contribution in [0, 0.1) is 0 Å². The van der Waals surface area contributed by atoms with Crippen LogP contribution in [-0.2, 0) is 16.7 Å². The maximum absolute atomic E-state index is 11.7. The van der Waals surface area contributed by atoms with Gasteiger partial charge in [0.25, 0.3) is 10.1 Å². The molecular formula is C25H26ClN7O5S2. The van der Waals surface area contributed by atoms with E-state index in [-0.39, 0.29) is 6.03 Å². The van der Waals surface area contributed by atoms with E-state index in [1.165, 1.54) is 17.9 Å². The van der Waals surface area contributed by atoms with E-state index >= 15 is 0 Å². The first-order valence-electron chi connectivity index (χ1n) is 11.9. The van der Waals surface area contributed by atoms with E-state index in [1.807, 2.05) is 54.1 Å². The molecule has 2 aromatic carbocycles. The molecule has 0 spiro atoms. The van der Waals surface area contributed by atoms with Gasteiger partial charge in [-0.1, -0.05) is 17.7 Å². The maximum atomic E-state index is 11.7. The number of benzene rings is 2. The van der Waals surface area contributed by atoms with Crippen LogP contribution in [0.4, 0.5) is 16.3 Å². The van der Waals surface area contributed by atoms with Gasteiger partial charge in [-0.05, 0) is 54.9 Å². The molecule has 15 heteroatoms. The van der Waals surface area contributed by atoms with Crippen molar-refractivity contribution in [3.8, 4) is 11.5 Å². The van der Waals surface area contributed by atoms with Gasteiger partial charge in [0, 0.05) is 31.5 Å². The minimum Gasteiger partial charge on any atom is -0.455 e. The zero-order valence-electron chi connectivity index (χ0n) is 21.5. The number of carbonyl (C=O) groups is 1. The van der Waals surface area contributed by atoms with Gasteiger partial charge in [-0.25, -0.2) is 14.8 Å². The molecule has 40 heavy (non-hydrogen) atoms. The SMILES string of the molecule is CCNC(=O)NCCn1ccc2ncnc(Nc3ccc(Oc4cccc5sncc45)c(Cl)c3)c21.CS(=O)(=O)O. The Morgan fingerprint density at radius 1 is 1.15 bits per heavy atom. The van der Waals surface area contributed by atoms with E-state index in [1.54, 1.807) is 12.3 Å². The van der Waals surface area contributed by atoms with Gasteiger partial charge in [0.1, 0.15) is 23.3 Å². The van der Waals surface area contributed by atoms with Crippen molar-refractivity contribution in [3.05, 3.63) is 66.2 Å². The number of halogens is 1. The molecule has 0 saturated carbocycles. The lowest BCUT2D eigenvalue weighted by Crippen LogP contribution is -2.36. The number of urea groups is 1. The fourth-order valence-electron chi connectivity index (χ4n) is 3.70. The second-order valence-electron chi connectivity index (χ2n) is 8.35. The molecule has 0 radical (unpaired) electrons. The summed E-state index contributed by atoms with van der Waals surface area (Å²) >= 11 is 7.98. The first-order valence-corrected chi connectivity index (χ1v) is 14.9. The Morgan fingerprint density at radius 3 is 2.70 bits per heavy atom. The van der Waals surface area contributed by atoms with Gasteiger partial charge >= 0.3 is 6.03 Å². The first-order chi connectivity index (χ1) is 19.1. The minimum absolute atomic E-state index is 0.193. The number of hydrogen-bond acceptors (Lipinski definition) is 9. The Kier molecular flexibility index (Phi) is 9.37. The number of amides is 2. The van der Waals surface area contributed by atoms with Crippen LogP contribution in [0.25, 0.3) is 21.1 Å². The number of carbonyl (C=O) groups excluding carboxylic acids is 1. The monoisotopic (exact) mass is 603 g/mol. The second kappa shape index (κ2) is 12.9. The summed E-state index contributed by atoms with van der Waals surface area (Å²) in [6, 6.07) is 13.0. The van der Waals surface area contributed by atoms with Gasteiger partial charge in [0.15, 0.2) is 5.82 Å². The highest BCUT2D eigenvalue weighted by molar-refractivity contribution is 7.85. The van der Waals surface area contributed by atoms with E-state index in [0.717, 1.165) is 26.8 Å². The van der Waals surface area contributed by atoms with E-state index < -0.39 is 10.1 Å². The highest BCUT2D eigenvalue weighted by Gasteiger charge is 2.13. The number of rotatable bonds is 8. The van der Waals surface area contributed by atoms with Crippen LogP contribution in [0.2, 0.25) is 5.02 Å². The molecule has 0 atom stereocenters. The van der Waals surface area contributed by atoms with E-state index in [9.17, 15) is 13.2 Å². The molecule has 4 N–H and O–H groups in total. The van der Waals surface area contributed by atoms with Crippen molar-refractivity contribution in [2.45, 2.75) is 13.5 Å². The summed E-state index contributed by atoms with van der Waals surface area (Å²) in [7, 11) is -3.67. The topological polar surface area (TPSA) is 160 Å². The largest absolute Gasteiger partial charge is 0.455 e. The Bertz CT molecular complexity index is 1730.